The first-order chi connectivity index (χ1) is 8.93. The van der Waals surface area contributed by atoms with Gasteiger partial charge in [0.25, 0.3) is 0 Å². The fourth-order valence-electron chi connectivity index (χ4n) is 2.52. The SMILES string of the molecule is Cc1cc(C)c(C(NN)c2cn(C)nc2C)c(F)c1. The molecule has 0 aliphatic heterocycles. The minimum Gasteiger partial charge on any atom is -0.275 e. The summed E-state index contributed by atoms with van der Waals surface area (Å²) in [5, 5.41) is 4.28. The van der Waals surface area contributed by atoms with Crippen LogP contribution in [0.15, 0.2) is 18.3 Å². The van der Waals surface area contributed by atoms with Gasteiger partial charge >= 0.3 is 0 Å². The topological polar surface area (TPSA) is 55.9 Å². The molecular formula is C14H19FN4. The van der Waals surface area contributed by atoms with E-state index in [-0.39, 0.29) is 5.82 Å². The first-order valence-corrected chi connectivity index (χ1v) is 6.17. The lowest BCUT2D eigenvalue weighted by Crippen LogP contribution is -2.30. The Balaban J connectivity index is 2.57. The van der Waals surface area contributed by atoms with E-state index < -0.39 is 6.04 Å². The molecule has 2 aromatic rings. The summed E-state index contributed by atoms with van der Waals surface area (Å²) in [7, 11) is 1.84. The van der Waals surface area contributed by atoms with E-state index in [4.69, 9.17) is 5.84 Å². The maximum atomic E-state index is 14.2. The van der Waals surface area contributed by atoms with Crippen LogP contribution in [0, 0.1) is 26.6 Å². The summed E-state index contributed by atoms with van der Waals surface area (Å²) in [6.45, 7) is 5.66. The lowest BCUT2D eigenvalue weighted by Gasteiger charge is -2.19. The van der Waals surface area contributed by atoms with Gasteiger partial charge in [0.1, 0.15) is 5.82 Å². The number of hydrogen-bond donors (Lipinski definition) is 2. The van der Waals surface area contributed by atoms with Crippen molar-refractivity contribution in [3.8, 4) is 0 Å². The molecule has 102 valence electrons. The van der Waals surface area contributed by atoms with Crippen LogP contribution in [0.1, 0.15) is 34.0 Å². The number of aryl methyl sites for hydroxylation is 4. The van der Waals surface area contributed by atoms with Crippen LogP contribution in [0.2, 0.25) is 0 Å². The first kappa shape index (κ1) is 13.7. The predicted molar refractivity (Wildman–Crippen MR) is 73.0 cm³/mol. The molecule has 3 N–H and O–H groups in total. The van der Waals surface area contributed by atoms with Gasteiger partial charge in [0.05, 0.1) is 11.7 Å². The van der Waals surface area contributed by atoms with Crippen LogP contribution in [-0.4, -0.2) is 9.78 Å². The highest BCUT2D eigenvalue weighted by Crippen LogP contribution is 2.29. The standard InChI is InChI=1S/C14H19FN4/c1-8-5-9(2)13(12(15)6-8)14(17-16)11-7-19(4)18-10(11)3/h5-7,14,17H,16H2,1-4H3. The number of benzene rings is 1. The van der Waals surface area contributed by atoms with Crippen molar-refractivity contribution >= 4 is 0 Å². The number of hydrogen-bond acceptors (Lipinski definition) is 3. The van der Waals surface area contributed by atoms with Crippen molar-refractivity contribution in [2.45, 2.75) is 26.8 Å². The van der Waals surface area contributed by atoms with E-state index in [1.807, 2.05) is 40.1 Å². The van der Waals surface area contributed by atoms with Crippen molar-refractivity contribution in [1.29, 1.82) is 0 Å². The largest absolute Gasteiger partial charge is 0.275 e. The van der Waals surface area contributed by atoms with Gasteiger partial charge in [-0.3, -0.25) is 10.5 Å². The second-order valence-corrected chi connectivity index (χ2v) is 4.92. The second-order valence-electron chi connectivity index (χ2n) is 4.92. The molecule has 0 bridgehead atoms. The molecule has 2 rings (SSSR count). The number of aromatic nitrogens is 2. The molecule has 1 aromatic carbocycles. The molecular weight excluding hydrogens is 243 g/mol. The van der Waals surface area contributed by atoms with Gasteiger partial charge in [-0.1, -0.05) is 6.07 Å². The number of halogens is 1. The van der Waals surface area contributed by atoms with Crippen LogP contribution in [0.4, 0.5) is 4.39 Å². The average Bonchev–Trinajstić information content (AvgIpc) is 2.62. The van der Waals surface area contributed by atoms with Gasteiger partial charge in [-0.15, -0.1) is 0 Å². The molecule has 0 radical (unpaired) electrons. The summed E-state index contributed by atoms with van der Waals surface area (Å²) in [4.78, 5) is 0. The summed E-state index contributed by atoms with van der Waals surface area (Å²) in [5.74, 6) is 5.39. The number of nitrogens with two attached hydrogens (primary N) is 1. The molecule has 0 spiro atoms. The highest BCUT2D eigenvalue weighted by molar-refractivity contribution is 5.40. The Bertz CT molecular complexity index is 580. The molecule has 1 aromatic heterocycles. The van der Waals surface area contributed by atoms with E-state index in [1.165, 1.54) is 6.07 Å². The average molecular weight is 262 g/mol. The zero-order valence-electron chi connectivity index (χ0n) is 11.7. The molecule has 1 unspecified atom stereocenters. The van der Waals surface area contributed by atoms with E-state index in [0.29, 0.717) is 5.56 Å². The number of nitrogens with zero attached hydrogens (tertiary/aromatic N) is 2. The van der Waals surface area contributed by atoms with Crippen LogP contribution in [0.25, 0.3) is 0 Å². The molecule has 0 amide bonds. The number of hydrazine groups is 1. The highest BCUT2D eigenvalue weighted by Gasteiger charge is 2.22. The molecule has 19 heavy (non-hydrogen) atoms. The van der Waals surface area contributed by atoms with Gasteiger partial charge in [-0.25, -0.2) is 9.82 Å². The molecule has 0 aliphatic carbocycles. The van der Waals surface area contributed by atoms with Crippen LogP contribution in [0.3, 0.4) is 0 Å². The second kappa shape index (κ2) is 5.11. The Kier molecular flexibility index (Phi) is 3.68. The van der Waals surface area contributed by atoms with E-state index in [1.54, 1.807) is 4.68 Å². The third kappa shape index (κ3) is 2.52. The predicted octanol–water partition coefficient (Wildman–Crippen LogP) is 2.04. The highest BCUT2D eigenvalue weighted by atomic mass is 19.1. The maximum absolute atomic E-state index is 14.2. The van der Waals surface area contributed by atoms with Crippen molar-refractivity contribution in [2.75, 3.05) is 0 Å². The van der Waals surface area contributed by atoms with Gasteiger partial charge in [0, 0.05) is 24.4 Å². The van der Waals surface area contributed by atoms with E-state index >= 15 is 0 Å². The lowest BCUT2D eigenvalue weighted by atomic mass is 9.94. The van der Waals surface area contributed by atoms with E-state index in [2.05, 4.69) is 10.5 Å². The number of rotatable bonds is 3. The summed E-state index contributed by atoms with van der Waals surface area (Å²) < 4.78 is 16.0. The normalized spacial score (nSPS) is 12.7. The molecule has 1 heterocycles. The smallest absolute Gasteiger partial charge is 0.128 e. The fraction of sp³-hybridized carbons (Fsp3) is 0.357. The fourth-order valence-corrected chi connectivity index (χ4v) is 2.52. The summed E-state index contributed by atoms with van der Waals surface area (Å²) >= 11 is 0. The Morgan fingerprint density at radius 3 is 2.47 bits per heavy atom. The Morgan fingerprint density at radius 2 is 2.00 bits per heavy atom. The zero-order chi connectivity index (χ0) is 14.2. The van der Waals surface area contributed by atoms with Gasteiger partial charge in [0.2, 0.25) is 0 Å². The molecule has 4 nitrogen and oxygen atoms in total. The quantitative estimate of drug-likeness (QED) is 0.657. The minimum absolute atomic E-state index is 0.247. The molecule has 0 aliphatic rings. The van der Waals surface area contributed by atoms with Crippen LogP contribution < -0.4 is 11.3 Å². The minimum atomic E-state index is -0.394. The lowest BCUT2D eigenvalue weighted by molar-refractivity contribution is 0.555. The monoisotopic (exact) mass is 262 g/mol. The maximum Gasteiger partial charge on any atom is 0.128 e. The van der Waals surface area contributed by atoms with Gasteiger partial charge in [-0.2, -0.15) is 5.10 Å². The van der Waals surface area contributed by atoms with Crippen molar-refractivity contribution < 1.29 is 4.39 Å². The van der Waals surface area contributed by atoms with Gasteiger partial charge in [-0.05, 0) is 38.0 Å². The summed E-state index contributed by atoms with van der Waals surface area (Å²) in [6.07, 6.45) is 1.86. The van der Waals surface area contributed by atoms with E-state index in [0.717, 1.165) is 22.4 Å². The van der Waals surface area contributed by atoms with Crippen molar-refractivity contribution in [1.82, 2.24) is 15.2 Å². The van der Waals surface area contributed by atoms with Crippen molar-refractivity contribution in [3.63, 3.8) is 0 Å². The van der Waals surface area contributed by atoms with Gasteiger partial charge < -0.3 is 0 Å². The van der Waals surface area contributed by atoms with Crippen LogP contribution in [0.5, 0.6) is 0 Å². The first-order valence-electron chi connectivity index (χ1n) is 6.17. The molecule has 5 heteroatoms. The summed E-state index contributed by atoms with van der Waals surface area (Å²) in [6, 6.07) is 3.08. The van der Waals surface area contributed by atoms with Crippen LogP contribution in [-0.2, 0) is 7.05 Å². The Morgan fingerprint density at radius 1 is 1.32 bits per heavy atom. The van der Waals surface area contributed by atoms with Crippen molar-refractivity contribution in [2.24, 2.45) is 12.9 Å². The van der Waals surface area contributed by atoms with Gasteiger partial charge in [0.15, 0.2) is 0 Å². The third-order valence-corrected chi connectivity index (χ3v) is 3.30. The number of nitrogens with one attached hydrogen (secondary N) is 1. The molecule has 0 fully saturated rings. The van der Waals surface area contributed by atoms with Crippen LogP contribution >= 0.6 is 0 Å². The van der Waals surface area contributed by atoms with E-state index in [9.17, 15) is 4.39 Å². The molecule has 0 saturated heterocycles. The summed E-state index contributed by atoms with van der Waals surface area (Å²) in [5.41, 5.74) is 6.77. The molecule has 1 atom stereocenters. The third-order valence-electron chi connectivity index (χ3n) is 3.30. The Hall–Kier alpha value is -1.72. The zero-order valence-corrected chi connectivity index (χ0v) is 11.7. The molecule has 0 saturated carbocycles. The van der Waals surface area contributed by atoms with Crippen molar-refractivity contribution in [3.05, 3.63) is 52.1 Å². The Labute approximate surface area is 112 Å².